The average Bonchev–Trinajstić information content (AvgIpc) is 3.00. The van der Waals surface area contributed by atoms with Gasteiger partial charge in [-0.3, -0.25) is 14.3 Å². The number of hydrogen-bond donors (Lipinski definition) is 1. The van der Waals surface area contributed by atoms with Gasteiger partial charge in [-0.15, -0.1) is 0 Å². The minimum Gasteiger partial charge on any atom is -0.487 e. The third-order valence-electron chi connectivity index (χ3n) is 6.53. The molecule has 1 spiro atoms. The Kier molecular flexibility index (Phi) is 6.03. The van der Waals surface area contributed by atoms with Crippen molar-refractivity contribution >= 4 is 11.8 Å². The predicted octanol–water partition coefficient (Wildman–Crippen LogP) is 3.30. The summed E-state index contributed by atoms with van der Waals surface area (Å²) in [7, 11) is 1.85. The normalized spacial score (nSPS) is 23.3. The molecule has 1 aromatic carbocycles. The number of likely N-dealkylation sites (tertiary alicyclic amines) is 1. The van der Waals surface area contributed by atoms with E-state index in [0.29, 0.717) is 32.2 Å². The first kappa shape index (κ1) is 21.4. The van der Waals surface area contributed by atoms with Crippen LogP contribution in [0.15, 0.2) is 30.3 Å². The van der Waals surface area contributed by atoms with E-state index >= 15 is 0 Å². The van der Waals surface area contributed by atoms with Crippen LogP contribution < -0.4 is 10.1 Å². The smallest absolute Gasteiger partial charge is 0.222 e. The van der Waals surface area contributed by atoms with Gasteiger partial charge in [0.15, 0.2) is 0 Å². The maximum Gasteiger partial charge on any atom is 0.222 e. The molecular weight excluding hydrogens is 392 g/mol. The second-order valence-corrected chi connectivity index (χ2v) is 8.97. The van der Waals surface area contributed by atoms with Gasteiger partial charge in [0.05, 0.1) is 11.7 Å². The Morgan fingerprint density at radius 2 is 2.10 bits per heavy atom. The van der Waals surface area contributed by atoms with Crippen LogP contribution in [0, 0.1) is 13.8 Å². The summed E-state index contributed by atoms with van der Waals surface area (Å²) in [6.07, 6.45) is 3.80. The highest BCUT2D eigenvalue weighted by atomic mass is 16.5. The molecule has 166 valence electrons. The number of carbonyl (C=O) groups excluding carboxylic acids is 2. The quantitative estimate of drug-likeness (QED) is 0.799. The van der Waals surface area contributed by atoms with E-state index in [-0.39, 0.29) is 17.9 Å². The second kappa shape index (κ2) is 8.73. The molecule has 0 bridgehead atoms. The van der Waals surface area contributed by atoms with Crippen molar-refractivity contribution in [3.63, 3.8) is 0 Å². The Morgan fingerprint density at radius 3 is 2.87 bits per heavy atom. The minimum absolute atomic E-state index is 0.0419. The molecule has 2 atom stereocenters. The van der Waals surface area contributed by atoms with Crippen LogP contribution in [0.5, 0.6) is 5.75 Å². The minimum atomic E-state index is -0.420. The number of nitrogens with one attached hydrogen (secondary N) is 1. The molecule has 1 saturated heterocycles. The van der Waals surface area contributed by atoms with E-state index in [0.717, 1.165) is 42.1 Å². The van der Waals surface area contributed by atoms with Crippen LogP contribution in [0.3, 0.4) is 0 Å². The van der Waals surface area contributed by atoms with Crippen LogP contribution in [0.2, 0.25) is 0 Å². The number of aryl methyl sites for hydroxylation is 3. The lowest BCUT2D eigenvalue weighted by molar-refractivity contribution is -0.129. The summed E-state index contributed by atoms with van der Waals surface area (Å²) >= 11 is 0. The number of aromatic nitrogens is 2. The lowest BCUT2D eigenvalue weighted by Crippen LogP contribution is -2.45. The van der Waals surface area contributed by atoms with E-state index in [4.69, 9.17) is 4.74 Å². The molecule has 0 saturated carbocycles. The molecule has 4 rings (SSSR count). The highest BCUT2D eigenvalue weighted by Crippen LogP contribution is 2.44. The monoisotopic (exact) mass is 424 g/mol. The van der Waals surface area contributed by atoms with Gasteiger partial charge in [-0.25, -0.2) is 0 Å². The average molecular weight is 425 g/mol. The zero-order valence-electron chi connectivity index (χ0n) is 18.7. The third kappa shape index (κ3) is 4.75. The predicted molar refractivity (Wildman–Crippen MR) is 118 cm³/mol. The van der Waals surface area contributed by atoms with Crippen LogP contribution >= 0.6 is 0 Å². The first-order valence-electron chi connectivity index (χ1n) is 11.2. The number of nitrogens with zero attached hydrogens (tertiary/aromatic N) is 3. The standard InChI is InChI=1S/C24H32N4O3/c1-17-15-18(2)28(26-17)13-6-9-22(29)25-20-16-24(11-10-23(30)27(3)14-12-24)31-21-8-5-4-7-19(20)21/h4-5,7-8,15,20H,6,9-14,16H2,1-3H3,(H,25,29)/t20-,24-/m1/s1. The highest BCUT2D eigenvalue weighted by molar-refractivity contribution is 5.77. The zero-order chi connectivity index (χ0) is 22.0. The largest absolute Gasteiger partial charge is 0.487 e. The van der Waals surface area contributed by atoms with E-state index in [2.05, 4.69) is 10.4 Å². The van der Waals surface area contributed by atoms with Crippen molar-refractivity contribution in [3.8, 4) is 5.75 Å². The lowest BCUT2D eigenvalue weighted by atomic mass is 9.82. The molecule has 1 aromatic heterocycles. The number of hydrogen-bond acceptors (Lipinski definition) is 4. The number of amides is 2. The van der Waals surface area contributed by atoms with Gasteiger partial charge in [0.2, 0.25) is 11.8 Å². The second-order valence-electron chi connectivity index (χ2n) is 8.97. The van der Waals surface area contributed by atoms with E-state index in [1.807, 2.05) is 55.9 Å². The molecule has 31 heavy (non-hydrogen) atoms. The molecule has 1 fully saturated rings. The molecule has 2 amide bonds. The van der Waals surface area contributed by atoms with Gasteiger partial charge in [-0.1, -0.05) is 18.2 Å². The van der Waals surface area contributed by atoms with Crippen molar-refractivity contribution in [2.24, 2.45) is 0 Å². The van der Waals surface area contributed by atoms with E-state index < -0.39 is 5.60 Å². The number of ether oxygens (including phenoxy) is 1. The molecular formula is C24H32N4O3. The Hall–Kier alpha value is -2.83. The molecule has 0 aliphatic carbocycles. The van der Waals surface area contributed by atoms with Gasteiger partial charge in [-0.2, -0.15) is 5.10 Å². The summed E-state index contributed by atoms with van der Waals surface area (Å²) < 4.78 is 8.42. The maximum absolute atomic E-state index is 12.8. The number of fused-ring (bicyclic) bond motifs is 1. The van der Waals surface area contributed by atoms with Gasteiger partial charge in [0.1, 0.15) is 11.4 Å². The molecule has 7 heteroatoms. The lowest BCUT2D eigenvalue weighted by Gasteiger charge is -2.42. The summed E-state index contributed by atoms with van der Waals surface area (Å²) in [4.78, 5) is 26.8. The van der Waals surface area contributed by atoms with Crippen molar-refractivity contribution in [2.75, 3.05) is 13.6 Å². The van der Waals surface area contributed by atoms with Crippen LogP contribution in [0.4, 0.5) is 0 Å². The fourth-order valence-corrected chi connectivity index (χ4v) is 4.76. The van der Waals surface area contributed by atoms with E-state index in [1.54, 1.807) is 4.90 Å². The van der Waals surface area contributed by atoms with Crippen molar-refractivity contribution in [1.82, 2.24) is 20.0 Å². The fourth-order valence-electron chi connectivity index (χ4n) is 4.76. The molecule has 0 radical (unpaired) electrons. The summed E-state index contributed by atoms with van der Waals surface area (Å²) in [5.74, 6) is 1.02. The van der Waals surface area contributed by atoms with Crippen LogP contribution in [-0.4, -0.2) is 45.7 Å². The number of carbonyl (C=O) groups is 2. The van der Waals surface area contributed by atoms with Gasteiger partial charge >= 0.3 is 0 Å². The molecule has 2 aliphatic heterocycles. The Labute approximate surface area is 183 Å². The topological polar surface area (TPSA) is 76.5 Å². The Balaban J connectivity index is 1.43. The summed E-state index contributed by atoms with van der Waals surface area (Å²) in [6.45, 7) is 5.42. The summed E-state index contributed by atoms with van der Waals surface area (Å²) in [5, 5.41) is 7.72. The van der Waals surface area contributed by atoms with Crippen LogP contribution in [0.25, 0.3) is 0 Å². The van der Waals surface area contributed by atoms with Crippen molar-refractivity contribution in [3.05, 3.63) is 47.3 Å². The van der Waals surface area contributed by atoms with Gasteiger partial charge < -0.3 is 15.0 Å². The molecule has 3 heterocycles. The van der Waals surface area contributed by atoms with Crippen molar-refractivity contribution in [1.29, 1.82) is 0 Å². The van der Waals surface area contributed by atoms with Gasteiger partial charge in [0.25, 0.3) is 0 Å². The molecule has 0 unspecified atom stereocenters. The number of rotatable bonds is 5. The molecule has 2 aliphatic rings. The first-order valence-corrected chi connectivity index (χ1v) is 11.2. The van der Waals surface area contributed by atoms with Crippen LogP contribution in [0.1, 0.15) is 61.5 Å². The number of para-hydroxylation sites is 1. The summed E-state index contributed by atoms with van der Waals surface area (Å²) in [5.41, 5.74) is 2.71. The Morgan fingerprint density at radius 1 is 1.29 bits per heavy atom. The van der Waals surface area contributed by atoms with Crippen molar-refractivity contribution in [2.45, 2.75) is 70.6 Å². The van der Waals surface area contributed by atoms with Crippen LogP contribution in [-0.2, 0) is 16.1 Å². The summed E-state index contributed by atoms with van der Waals surface area (Å²) in [6, 6.07) is 9.87. The molecule has 7 nitrogen and oxygen atoms in total. The van der Waals surface area contributed by atoms with Gasteiger partial charge in [-0.05, 0) is 38.8 Å². The maximum atomic E-state index is 12.8. The number of benzene rings is 1. The SMILES string of the molecule is Cc1cc(C)n(CCCC(=O)N[C@@H]2C[C@]3(CCC(=O)N(C)CC3)Oc3ccccc32)n1. The zero-order valence-corrected chi connectivity index (χ0v) is 18.7. The fraction of sp³-hybridized carbons (Fsp3) is 0.542. The molecule has 1 N–H and O–H groups in total. The third-order valence-corrected chi connectivity index (χ3v) is 6.53. The van der Waals surface area contributed by atoms with E-state index in [9.17, 15) is 9.59 Å². The van der Waals surface area contributed by atoms with E-state index in [1.165, 1.54) is 0 Å². The molecule has 2 aromatic rings. The van der Waals surface area contributed by atoms with Gasteiger partial charge in [0, 0.05) is 57.1 Å². The highest BCUT2D eigenvalue weighted by Gasteiger charge is 2.43. The first-order chi connectivity index (χ1) is 14.8. The Bertz CT molecular complexity index is 969. The van der Waals surface area contributed by atoms with Crippen molar-refractivity contribution < 1.29 is 14.3 Å².